The van der Waals surface area contributed by atoms with Crippen LogP contribution in [0.25, 0.3) is 0 Å². The molecule has 0 unspecified atom stereocenters. The fraction of sp³-hybridized carbons (Fsp3) is 0.154. The minimum Gasteiger partial charge on any atom is -0.366 e. The first-order valence-corrected chi connectivity index (χ1v) is 6.79. The molecule has 1 aromatic heterocycles. The average Bonchev–Trinajstić information content (AvgIpc) is 2.94. The van der Waals surface area contributed by atoms with Gasteiger partial charge in [-0.2, -0.15) is 0 Å². The number of carbonyl (C=O) groups is 2. The summed E-state index contributed by atoms with van der Waals surface area (Å²) in [6.07, 6.45) is 0. The molecule has 2 aromatic rings. The minimum absolute atomic E-state index is 0.273. The van der Waals surface area contributed by atoms with E-state index in [0.717, 1.165) is 5.56 Å². The normalized spacial score (nSPS) is 10.2. The molecule has 20 heavy (non-hydrogen) atoms. The number of amides is 2. The van der Waals surface area contributed by atoms with E-state index < -0.39 is 5.91 Å². The van der Waals surface area contributed by atoms with Gasteiger partial charge in [0.25, 0.3) is 5.91 Å². The molecule has 2 amide bonds. The molecule has 0 aliphatic heterocycles. The van der Waals surface area contributed by atoms with Crippen molar-refractivity contribution in [2.45, 2.75) is 13.1 Å². The number of hydrogen-bond acceptors (Lipinski definition) is 5. The maximum atomic E-state index is 11.9. The van der Waals surface area contributed by atoms with Gasteiger partial charge in [-0.1, -0.05) is 12.1 Å². The summed E-state index contributed by atoms with van der Waals surface area (Å²) in [5.74, 6) is -0.768. The van der Waals surface area contributed by atoms with E-state index in [1.165, 1.54) is 11.3 Å². The van der Waals surface area contributed by atoms with Gasteiger partial charge >= 0.3 is 0 Å². The van der Waals surface area contributed by atoms with Gasteiger partial charge in [-0.05, 0) is 17.7 Å². The van der Waals surface area contributed by atoms with E-state index >= 15 is 0 Å². The third-order valence-corrected chi connectivity index (χ3v) is 3.49. The van der Waals surface area contributed by atoms with Crippen LogP contribution in [0.1, 0.15) is 31.4 Å². The van der Waals surface area contributed by atoms with Crippen molar-refractivity contribution in [3.05, 3.63) is 51.5 Å². The lowest BCUT2D eigenvalue weighted by Crippen LogP contribution is -2.23. The second-order valence-corrected chi connectivity index (χ2v) is 5.02. The molecule has 0 spiro atoms. The van der Waals surface area contributed by atoms with E-state index in [2.05, 4.69) is 10.3 Å². The number of thiazole rings is 1. The Kier molecular flexibility index (Phi) is 4.44. The van der Waals surface area contributed by atoms with Gasteiger partial charge in [0.1, 0.15) is 10.7 Å². The molecule has 0 saturated heterocycles. The Hall–Kier alpha value is -2.25. The number of carbonyl (C=O) groups excluding carboxylic acids is 2. The molecular weight excluding hydrogens is 276 g/mol. The van der Waals surface area contributed by atoms with Crippen LogP contribution in [0.15, 0.2) is 29.6 Å². The van der Waals surface area contributed by atoms with Gasteiger partial charge in [0.15, 0.2) is 0 Å². The largest absolute Gasteiger partial charge is 0.366 e. The second kappa shape index (κ2) is 6.27. The molecule has 0 aliphatic carbocycles. The maximum Gasteiger partial charge on any atom is 0.271 e. The highest BCUT2D eigenvalue weighted by atomic mass is 32.1. The van der Waals surface area contributed by atoms with E-state index in [9.17, 15) is 9.59 Å². The molecule has 0 fully saturated rings. The van der Waals surface area contributed by atoms with E-state index in [4.69, 9.17) is 11.5 Å². The van der Waals surface area contributed by atoms with E-state index in [1.807, 2.05) is 0 Å². The fourth-order valence-corrected chi connectivity index (χ4v) is 2.27. The first kappa shape index (κ1) is 14.2. The summed E-state index contributed by atoms with van der Waals surface area (Å²) in [7, 11) is 0. The van der Waals surface area contributed by atoms with Gasteiger partial charge in [0.2, 0.25) is 5.91 Å². The highest BCUT2D eigenvalue weighted by Crippen LogP contribution is 2.09. The zero-order valence-electron chi connectivity index (χ0n) is 10.6. The second-order valence-electron chi connectivity index (χ2n) is 4.08. The Morgan fingerprint density at radius 2 is 2.15 bits per heavy atom. The molecule has 6 nitrogen and oxygen atoms in total. The predicted molar refractivity (Wildman–Crippen MR) is 76.1 cm³/mol. The van der Waals surface area contributed by atoms with Gasteiger partial charge in [-0.15, -0.1) is 11.3 Å². The molecule has 1 heterocycles. The third-order valence-electron chi connectivity index (χ3n) is 2.62. The van der Waals surface area contributed by atoms with Crippen molar-refractivity contribution in [3.8, 4) is 0 Å². The van der Waals surface area contributed by atoms with Crippen LogP contribution in [0.4, 0.5) is 0 Å². The van der Waals surface area contributed by atoms with Gasteiger partial charge in [0, 0.05) is 24.0 Å². The molecular formula is C13H14N4O2S. The van der Waals surface area contributed by atoms with Crippen LogP contribution in [0.2, 0.25) is 0 Å². The van der Waals surface area contributed by atoms with Gasteiger partial charge < -0.3 is 16.8 Å². The van der Waals surface area contributed by atoms with Crippen molar-refractivity contribution < 1.29 is 9.59 Å². The Balaban J connectivity index is 1.99. The van der Waals surface area contributed by atoms with Crippen molar-refractivity contribution in [3.63, 3.8) is 0 Å². The average molecular weight is 290 g/mol. The fourth-order valence-electron chi connectivity index (χ4n) is 1.62. The van der Waals surface area contributed by atoms with Crippen LogP contribution in [-0.2, 0) is 13.1 Å². The molecule has 7 heteroatoms. The number of nitrogens with zero attached hydrogens (tertiary/aromatic N) is 1. The summed E-state index contributed by atoms with van der Waals surface area (Å²) in [4.78, 5) is 27.0. The number of rotatable bonds is 5. The lowest BCUT2D eigenvalue weighted by atomic mass is 10.1. The number of primary amides is 1. The SMILES string of the molecule is NCc1nc(C(=O)NCc2cccc(C(N)=O)c2)cs1. The highest BCUT2D eigenvalue weighted by molar-refractivity contribution is 7.09. The van der Waals surface area contributed by atoms with E-state index in [0.29, 0.717) is 29.4 Å². The molecule has 2 rings (SSSR count). The summed E-state index contributed by atoms with van der Waals surface area (Å²) >= 11 is 1.35. The van der Waals surface area contributed by atoms with Crippen molar-refractivity contribution in [2.75, 3.05) is 0 Å². The molecule has 0 bridgehead atoms. The number of aromatic nitrogens is 1. The molecule has 0 radical (unpaired) electrons. The van der Waals surface area contributed by atoms with Crippen molar-refractivity contribution in [1.82, 2.24) is 10.3 Å². The summed E-state index contributed by atoms with van der Waals surface area (Å²) in [6.45, 7) is 0.619. The predicted octanol–water partition coefficient (Wildman–Crippen LogP) is 0.631. The molecule has 0 saturated carbocycles. The first-order chi connectivity index (χ1) is 9.60. The third kappa shape index (κ3) is 3.40. The first-order valence-electron chi connectivity index (χ1n) is 5.91. The molecule has 104 valence electrons. The standard InChI is InChI=1S/C13H14N4O2S/c14-5-11-17-10(7-20-11)13(19)16-6-8-2-1-3-9(4-8)12(15)18/h1-4,7H,5-6,14H2,(H2,15,18)(H,16,19). The Bertz CT molecular complexity index is 639. The van der Waals surface area contributed by atoms with E-state index in [-0.39, 0.29) is 5.91 Å². The maximum absolute atomic E-state index is 11.9. The summed E-state index contributed by atoms with van der Waals surface area (Å²) in [5, 5.41) is 5.11. The quantitative estimate of drug-likeness (QED) is 0.750. The van der Waals surface area contributed by atoms with Gasteiger partial charge in [-0.25, -0.2) is 4.98 Å². The zero-order chi connectivity index (χ0) is 14.5. The molecule has 0 aliphatic rings. The summed E-state index contributed by atoms with van der Waals surface area (Å²) in [5.41, 5.74) is 12.2. The van der Waals surface area contributed by atoms with Crippen LogP contribution < -0.4 is 16.8 Å². The van der Waals surface area contributed by atoms with Crippen LogP contribution in [0, 0.1) is 0 Å². The smallest absolute Gasteiger partial charge is 0.271 e. The van der Waals surface area contributed by atoms with Crippen LogP contribution >= 0.6 is 11.3 Å². The Labute approximate surface area is 119 Å². The van der Waals surface area contributed by atoms with Gasteiger partial charge in [-0.3, -0.25) is 9.59 Å². The minimum atomic E-state index is -0.495. The van der Waals surface area contributed by atoms with E-state index in [1.54, 1.807) is 29.6 Å². The molecule has 0 atom stereocenters. The molecule has 5 N–H and O–H groups in total. The lowest BCUT2D eigenvalue weighted by molar-refractivity contribution is 0.0946. The van der Waals surface area contributed by atoms with Crippen molar-refractivity contribution in [2.24, 2.45) is 11.5 Å². The van der Waals surface area contributed by atoms with Crippen molar-refractivity contribution >= 4 is 23.2 Å². The topological polar surface area (TPSA) is 111 Å². The number of nitrogens with two attached hydrogens (primary N) is 2. The number of hydrogen-bond donors (Lipinski definition) is 3. The van der Waals surface area contributed by atoms with Gasteiger partial charge in [0.05, 0.1) is 0 Å². The monoisotopic (exact) mass is 290 g/mol. The van der Waals surface area contributed by atoms with Crippen LogP contribution in [0.3, 0.4) is 0 Å². The number of benzene rings is 1. The molecule has 1 aromatic carbocycles. The number of nitrogens with one attached hydrogen (secondary N) is 1. The van der Waals surface area contributed by atoms with Crippen LogP contribution in [0.5, 0.6) is 0 Å². The van der Waals surface area contributed by atoms with Crippen LogP contribution in [-0.4, -0.2) is 16.8 Å². The summed E-state index contributed by atoms with van der Waals surface area (Å²) in [6, 6.07) is 6.80. The Morgan fingerprint density at radius 3 is 2.80 bits per heavy atom. The zero-order valence-corrected chi connectivity index (χ0v) is 11.4. The highest BCUT2D eigenvalue weighted by Gasteiger charge is 2.10. The van der Waals surface area contributed by atoms with Crippen molar-refractivity contribution in [1.29, 1.82) is 0 Å². The lowest BCUT2D eigenvalue weighted by Gasteiger charge is -2.04. The Morgan fingerprint density at radius 1 is 1.35 bits per heavy atom. The summed E-state index contributed by atoms with van der Waals surface area (Å²) < 4.78 is 0.